The summed E-state index contributed by atoms with van der Waals surface area (Å²) in [4.78, 5) is 5.14. The summed E-state index contributed by atoms with van der Waals surface area (Å²) >= 11 is 0. The lowest BCUT2D eigenvalue weighted by atomic mass is 10.1. The van der Waals surface area contributed by atoms with Crippen LogP contribution in [-0.2, 0) is 6.54 Å². The highest BCUT2D eigenvalue weighted by molar-refractivity contribution is 5.82. The first-order valence-corrected chi connectivity index (χ1v) is 6.82. The number of nitrogens with one attached hydrogen (secondary N) is 2. The van der Waals surface area contributed by atoms with Gasteiger partial charge in [-0.1, -0.05) is 18.2 Å². The Kier molecular flexibility index (Phi) is 3.14. The maximum absolute atomic E-state index is 3.38. The minimum absolute atomic E-state index is 1.18. The SMILES string of the molecule is c1ccc2c(C[NH+]3CCCCCC3)c[nH]c2c1. The monoisotopic (exact) mass is 229 g/mol. The van der Waals surface area contributed by atoms with Gasteiger partial charge in [-0.15, -0.1) is 0 Å². The van der Waals surface area contributed by atoms with Crippen molar-refractivity contribution in [1.29, 1.82) is 0 Å². The van der Waals surface area contributed by atoms with E-state index in [1.165, 1.54) is 61.8 Å². The molecule has 3 rings (SSSR count). The van der Waals surface area contributed by atoms with E-state index in [4.69, 9.17) is 0 Å². The van der Waals surface area contributed by atoms with E-state index in [0.717, 1.165) is 0 Å². The molecule has 2 nitrogen and oxygen atoms in total. The fourth-order valence-electron chi connectivity index (χ4n) is 2.95. The lowest BCUT2D eigenvalue weighted by Crippen LogP contribution is -3.10. The van der Waals surface area contributed by atoms with Gasteiger partial charge in [-0.05, 0) is 31.7 Å². The Balaban J connectivity index is 1.79. The fraction of sp³-hybridized carbons (Fsp3) is 0.467. The summed E-state index contributed by atoms with van der Waals surface area (Å²) < 4.78 is 0. The molecule has 1 aliphatic heterocycles. The zero-order valence-electron chi connectivity index (χ0n) is 10.3. The lowest BCUT2D eigenvalue weighted by molar-refractivity contribution is -0.913. The molecule has 0 unspecified atom stereocenters. The van der Waals surface area contributed by atoms with Crippen LogP contribution in [0.4, 0.5) is 0 Å². The molecule has 0 spiro atoms. The van der Waals surface area contributed by atoms with Gasteiger partial charge >= 0.3 is 0 Å². The standard InChI is InChI=1S/C15H20N2/c1-2-6-10-17(9-5-1)12-13-11-16-15-8-4-3-7-14(13)15/h3-4,7-8,11,16H,1-2,5-6,9-10,12H2/p+1. The topological polar surface area (TPSA) is 20.2 Å². The third-order valence-corrected chi connectivity index (χ3v) is 3.93. The Morgan fingerprint density at radius 1 is 1.00 bits per heavy atom. The number of benzene rings is 1. The van der Waals surface area contributed by atoms with Crippen molar-refractivity contribution in [1.82, 2.24) is 4.98 Å². The van der Waals surface area contributed by atoms with Gasteiger partial charge in [-0.25, -0.2) is 0 Å². The van der Waals surface area contributed by atoms with Gasteiger partial charge in [-0.2, -0.15) is 0 Å². The predicted octanol–water partition coefficient (Wildman–Crippen LogP) is 2.13. The molecule has 2 N–H and O–H groups in total. The van der Waals surface area contributed by atoms with Crippen molar-refractivity contribution >= 4 is 10.9 Å². The Labute approximate surface area is 103 Å². The summed E-state index contributed by atoms with van der Waals surface area (Å²) in [6, 6.07) is 8.63. The van der Waals surface area contributed by atoms with E-state index in [0.29, 0.717) is 0 Å². The molecular formula is C15H21N2+. The molecule has 0 bridgehead atoms. The first-order chi connectivity index (χ1) is 8.43. The maximum Gasteiger partial charge on any atom is 0.105 e. The number of aromatic nitrogens is 1. The number of quaternary nitrogens is 1. The van der Waals surface area contributed by atoms with Crippen LogP contribution in [0, 0.1) is 0 Å². The van der Waals surface area contributed by atoms with Crippen LogP contribution in [-0.4, -0.2) is 18.1 Å². The second-order valence-corrected chi connectivity index (χ2v) is 5.20. The molecule has 0 aliphatic carbocycles. The molecule has 2 aromatic rings. The molecule has 0 atom stereocenters. The molecule has 2 heterocycles. The fourth-order valence-corrected chi connectivity index (χ4v) is 2.95. The normalized spacial score (nSPS) is 18.4. The Morgan fingerprint density at radius 3 is 2.59 bits per heavy atom. The van der Waals surface area contributed by atoms with Crippen molar-refractivity contribution in [3.8, 4) is 0 Å². The summed E-state index contributed by atoms with van der Waals surface area (Å²) in [7, 11) is 0. The summed E-state index contributed by atoms with van der Waals surface area (Å²) in [5, 5.41) is 1.41. The number of H-pyrrole nitrogens is 1. The quantitative estimate of drug-likeness (QED) is 0.787. The van der Waals surface area contributed by atoms with E-state index in [2.05, 4.69) is 35.4 Å². The summed E-state index contributed by atoms with van der Waals surface area (Å²) in [6.07, 6.45) is 7.85. The minimum atomic E-state index is 1.18. The van der Waals surface area contributed by atoms with E-state index in [1.807, 2.05) is 0 Å². The number of rotatable bonds is 2. The third kappa shape index (κ3) is 2.37. The van der Waals surface area contributed by atoms with Crippen molar-refractivity contribution in [2.24, 2.45) is 0 Å². The lowest BCUT2D eigenvalue weighted by Gasteiger charge is -2.16. The second kappa shape index (κ2) is 4.92. The average molecular weight is 229 g/mol. The molecule has 1 aromatic carbocycles. The van der Waals surface area contributed by atoms with Crippen LogP contribution in [0.15, 0.2) is 30.5 Å². The maximum atomic E-state index is 3.38. The van der Waals surface area contributed by atoms with Gasteiger partial charge in [0.2, 0.25) is 0 Å². The molecule has 0 saturated carbocycles. The third-order valence-electron chi connectivity index (χ3n) is 3.93. The number of hydrogen-bond acceptors (Lipinski definition) is 0. The van der Waals surface area contributed by atoms with E-state index in [-0.39, 0.29) is 0 Å². The van der Waals surface area contributed by atoms with Gasteiger partial charge in [0.05, 0.1) is 13.1 Å². The highest BCUT2D eigenvalue weighted by Crippen LogP contribution is 2.16. The van der Waals surface area contributed by atoms with Gasteiger partial charge in [0.1, 0.15) is 6.54 Å². The predicted molar refractivity (Wildman–Crippen MR) is 71.2 cm³/mol. The Bertz CT molecular complexity index is 478. The molecule has 17 heavy (non-hydrogen) atoms. The zero-order chi connectivity index (χ0) is 11.5. The van der Waals surface area contributed by atoms with E-state index in [9.17, 15) is 0 Å². The first kappa shape index (κ1) is 10.8. The van der Waals surface area contributed by atoms with Crippen molar-refractivity contribution in [3.63, 3.8) is 0 Å². The molecular weight excluding hydrogens is 208 g/mol. The van der Waals surface area contributed by atoms with Crippen LogP contribution in [0.1, 0.15) is 31.2 Å². The largest absolute Gasteiger partial charge is 0.361 e. The van der Waals surface area contributed by atoms with Crippen LogP contribution < -0.4 is 4.90 Å². The first-order valence-electron chi connectivity index (χ1n) is 6.82. The molecule has 0 amide bonds. The summed E-state index contributed by atoms with van der Waals surface area (Å²) in [6.45, 7) is 3.88. The van der Waals surface area contributed by atoms with Crippen molar-refractivity contribution < 1.29 is 4.90 Å². The molecule has 1 fully saturated rings. The van der Waals surface area contributed by atoms with Gasteiger partial charge < -0.3 is 9.88 Å². The molecule has 1 aromatic heterocycles. The molecule has 0 radical (unpaired) electrons. The van der Waals surface area contributed by atoms with Gasteiger partial charge in [0.25, 0.3) is 0 Å². The molecule has 1 saturated heterocycles. The highest BCUT2D eigenvalue weighted by atomic mass is 15.1. The van der Waals surface area contributed by atoms with Gasteiger partial charge in [0, 0.05) is 22.7 Å². The number of aromatic amines is 1. The molecule has 2 heteroatoms. The van der Waals surface area contributed by atoms with Crippen LogP contribution in [0.5, 0.6) is 0 Å². The van der Waals surface area contributed by atoms with Gasteiger partial charge in [-0.3, -0.25) is 0 Å². The number of fused-ring (bicyclic) bond motifs is 1. The van der Waals surface area contributed by atoms with Crippen molar-refractivity contribution in [2.75, 3.05) is 13.1 Å². The van der Waals surface area contributed by atoms with Crippen molar-refractivity contribution in [2.45, 2.75) is 32.2 Å². The van der Waals surface area contributed by atoms with Crippen LogP contribution in [0.25, 0.3) is 10.9 Å². The number of hydrogen-bond donors (Lipinski definition) is 2. The second-order valence-electron chi connectivity index (χ2n) is 5.20. The Morgan fingerprint density at radius 2 is 1.76 bits per heavy atom. The number of para-hydroxylation sites is 1. The van der Waals surface area contributed by atoms with Crippen LogP contribution in [0.3, 0.4) is 0 Å². The zero-order valence-corrected chi connectivity index (χ0v) is 10.3. The van der Waals surface area contributed by atoms with Crippen molar-refractivity contribution in [3.05, 3.63) is 36.0 Å². The number of likely N-dealkylation sites (tertiary alicyclic amines) is 1. The smallest absolute Gasteiger partial charge is 0.105 e. The minimum Gasteiger partial charge on any atom is -0.361 e. The molecule has 1 aliphatic rings. The highest BCUT2D eigenvalue weighted by Gasteiger charge is 2.14. The Hall–Kier alpha value is -1.28. The van der Waals surface area contributed by atoms with E-state index < -0.39 is 0 Å². The van der Waals surface area contributed by atoms with Gasteiger partial charge in [0.15, 0.2) is 0 Å². The molecule has 90 valence electrons. The van der Waals surface area contributed by atoms with E-state index >= 15 is 0 Å². The van der Waals surface area contributed by atoms with Crippen LogP contribution in [0.2, 0.25) is 0 Å². The average Bonchev–Trinajstić information content (AvgIpc) is 2.59. The van der Waals surface area contributed by atoms with Crippen LogP contribution >= 0.6 is 0 Å². The summed E-state index contributed by atoms with van der Waals surface area (Å²) in [5.74, 6) is 0. The summed E-state index contributed by atoms with van der Waals surface area (Å²) in [5.41, 5.74) is 2.76. The van der Waals surface area contributed by atoms with E-state index in [1.54, 1.807) is 4.90 Å².